The van der Waals surface area contributed by atoms with Crippen LogP contribution in [0, 0.1) is 3.57 Å². The molecule has 0 saturated carbocycles. The van der Waals surface area contributed by atoms with E-state index in [1.807, 2.05) is 19.9 Å². The average molecular weight is 445 g/mol. The number of hydrogen-bond acceptors (Lipinski definition) is 6. The summed E-state index contributed by atoms with van der Waals surface area (Å²) in [5.41, 5.74) is 1.29. The fourth-order valence-electron chi connectivity index (χ4n) is 2.09. The van der Waals surface area contributed by atoms with Gasteiger partial charge in [-0.1, -0.05) is 6.92 Å². The highest BCUT2D eigenvalue weighted by atomic mass is 127. The van der Waals surface area contributed by atoms with Gasteiger partial charge in [-0.3, -0.25) is 0 Å². The lowest BCUT2D eigenvalue weighted by molar-refractivity contribution is 0.0520. The second-order valence-corrected chi connectivity index (χ2v) is 5.97. The maximum atomic E-state index is 12.0. The number of H-pyrrole nitrogens is 1. The van der Waals surface area contributed by atoms with Gasteiger partial charge in [-0.25, -0.2) is 4.79 Å². The van der Waals surface area contributed by atoms with Crippen molar-refractivity contribution in [1.82, 2.24) is 15.4 Å². The fraction of sp³-hybridized carbons (Fsp3) is 0.438. The predicted octanol–water partition coefficient (Wildman–Crippen LogP) is 3.44. The second kappa shape index (κ2) is 8.86. The van der Waals surface area contributed by atoms with E-state index in [9.17, 15) is 4.79 Å². The maximum absolute atomic E-state index is 12.0. The van der Waals surface area contributed by atoms with Crippen molar-refractivity contribution in [2.75, 3.05) is 19.8 Å². The molecule has 0 amide bonds. The first kappa shape index (κ1) is 18.5. The van der Waals surface area contributed by atoms with Gasteiger partial charge < -0.3 is 14.2 Å². The molecule has 0 aliphatic carbocycles. The van der Waals surface area contributed by atoms with E-state index in [0.29, 0.717) is 36.0 Å². The third-order valence-corrected chi connectivity index (χ3v) is 3.85. The predicted molar refractivity (Wildman–Crippen MR) is 97.4 cm³/mol. The molecule has 0 bridgehead atoms. The molecule has 0 spiro atoms. The van der Waals surface area contributed by atoms with E-state index >= 15 is 0 Å². The molecular weight excluding hydrogens is 425 g/mol. The lowest BCUT2D eigenvalue weighted by Crippen LogP contribution is -2.07. The van der Waals surface area contributed by atoms with E-state index in [-0.39, 0.29) is 12.3 Å². The van der Waals surface area contributed by atoms with Crippen molar-refractivity contribution in [2.45, 2.75) is 27.2 Å². The van der Waals surface area contributed by atoms with Crippen molar-refractivity contribution in [3.05, 3.63) is 21.4 Å². The second-order valence-electron chi connectivity index (χ2n) is 4.81. The molecule has 0 unspecified atom stereocenters. The number of ether oxygens (including phenoxy) is 3. The Morgan fingerprint density at radius 2 is 1.96 bits per heavy atom. The molecule has 7 nitrogen and oxygen atoms in total. The van der Waals surface area contributed by atoms with Crippen molar-refractivity contribution in [3.8, 4) is 22.8 Å². The van der Waals surface area contributed by atoms with Gasteiger partial charge in [0.15, 0.2) is 17.2 Å². The Kier molecular flexibility index (Phi) is 6.83. The van der Waals surface area contributed by atoms with Crippen molar-refractivity contribution in [2.24, 2.45) is 0 Å². The van der Waals surface area contributed by atoms with Gasteiger partial charge in [-0.2, -0.15) is 10.3 Å². The Balaban J connectivity index is 2.45. The number of esters is 1. The Morgan fingerprint density at radius 1 is 1.17 bits per heavy atom. The summed E-state index contributed by atoms with van der Waals surface area (Å²) in [5.74, 6) is 0.801. The van der Waals surface area contributed by atoms with Crippen LogP contribution in [0.2, 0.25) is 0 Å². The Labute approximate surface area is 154 Å². The number of nitrogens with zero attached hydrogens (tertiary/aromatic N) is 2. The van der Waals surface area contributed by atoms with Crippen molar-refractivity contribution >= 4 is 28.6 Å². The number of carbonyl (C=O) groups is 1. The third kappa shape index (κ3) is 4.16. The van der Waals surface area contributed by atoms with Gasteiger partial charge in [-0.15, -0.1) is 5.10 Å². The standard InChI is InChI=1S/C16H20IN3O4/c1-4-7-24-15-11(17)8-10(9-12(15)22-5-2)13-14(19-20-18-13)16(21)23-6-3/h8-9H,4-7H2,1-3H3,(H,18,19,20). The number of hydrogen-bond donors (Lipinski definition) is 1. The molecule has 1 aromatic carbocycles. The summed E-state index contributed by atoms with van der Waals surface area (Å²) in [5, 5.41) is 10.5. The zero-order valence-corrected chi connectivity index (χ0v) is 16.0. The smallest absolute Gasteiger partial charge is 0.361 e. The zero-order valence-electron chi connectivity index (χ0n) is 13.9. The number of halogens is 1. The maximum Gasteiger partial charge on any atom is 0.361 e. The molecule has 1 heterocycles. The molecule has 130 valence electrons. The van der Waals surface area contributed by atoms with Gasteiger partial charge in [0.2, 0.25) is 0 Å². The first-order valence-electron chi connectivity index (χ1n) is 7.79. The van der Waals surface area contributed by atoms with Crippen LogP contribution in [0.25, 0.3) is 11.3 Å². The molecule has 24 heavy (non-hydrogen) atoms. The highest BCUT2D eigenvalue weighted by Crippen LogP contribution is 2.37. The summed E-state index contributed by atoms with van der Waals surface area (Å²) in [6, 6.07) is 3.69. The van der Waals surface area contributed by atoms with E-state index in [1.165, 1.54) is 0 Å². The van der Waals surface area contributed by atoms with Gasteiger partial charge in [-0.05, 0) is 55.0 Å². The summed E-state index contributed by atoms with van der Waals surface area (Å²) in [4.78, 5) is 12.0. The Bertz CT molecular complexity index is 703. The van der Waals surface area contributed by atoms with Gasteiger partial charge in [0.25, 0.3) is 0 Å². The number of rotatable bonds is 8. The lowest BCUT2D eigenvalue weighted by atomic mass is 10.1. The molecule has 0 radical (unpaired) electrons. The van der Waals surface area contributed by atoms with Crippen molar-refractivity contribution in [3.63, 3.8) is 0 Å². The van der Waals surface area contributed by atoms with Gasteiger partial charge in [0.1, 0.15) is 5.69 Å². The quantitative estimate of drug-likeness (QED) is 0.495. The third-order valence-electron chi connectivity index (χ3n) is 3.05. The van der Waals surface area contributed by atoms with Crippen molar-refractivity contribution < 1.29 is 19.0 Å². The molecular formula is C16H20IN3O4. The normalized spacial score (nSPS) is 10.5. The van der Waals surface area contributed by atoms with Crippen LogP contribution in [0.1, 0.15) is 37.7 Å². The van der Waals surface area contributed by atoms with Crippen LogP contribution in [-0.2, 0) is 4.74 Å². The number of nitrogens with one attached hydrogen (secondary N) is 1. The minimum absolute atomic E-state index is 0.150. The number of aromatic nitrogens is 3. The molecule has 8 heteroatoms. The van der Waals surface area contributed by atoms with Crippen LogP contribution in [0.3, 0.4) is 0 Å². The van der Waals surface area contributed by atoms with Gasteiger partial charge >= 0.3 is 5.97 Å². The molecule has 0 saturated heterocycles. The highest BCUT2D eigenvalue weighted by Gasteiger charge is 2.22. The van der Waals surface area contributed by atoms with E-state index in [1.54, 1.807) is 13.0 Å². The SMILES string of the molecule is CCCOc1c(I)cc(-c2n[nH]nc2C(=O)OCC)cc1OCC. The minimum Gasteiger partial charge on any atom is -0.490 e. The Morgan fingerprint density at radius 3 is 2.62 bits per heavy atom. The van der Waals surface area contributed by atoms with Crippen LogP contribution < -0.4 is 9.47 Å². The molecule has 2 aromatic rings. The summed E-state index contributed by atoms with van der Waals surface area (Å²) in [6.07, 6.45) is 0.902. The van der Waals surface area contributed by atoms with E-state index in [2.05, 4.69) is 38.0 Å². The summed E-state index contributed by atoms with van der Waals surface area (Å²) in [6.45, 7) is 7.08. The number of aromatic amines is 1. The zero-order chi connectivity index (χ0) is 17.5. The molecule has 0 aliphatic heterocycles. The molecule has 0 atom stereocenters. The average Bonchev–Trinajstić information content (AvgIpc) is 3.04. The largest absolute Gasteiger partial charge is 0.490 e. The fourth-order valence-corrected chi connectivity index (χ4v) is 2.84. The van der Waals surface area contributed by atoms with Gasteiger partial charge in [0.05, 0.1) is 23.4 Å². The number of benzene rings is 1. The first-order valence-corrected chi connectivity index (χ1v) is 8.87. The van der Waals surface area contributed by atoms with Crippen LogP contribution in [0.4, 0.5) is 0 Å². The Hall–Kier alpha value is -1.84. The first-order chi connectivity index (χ1) is 11.6. The topological polar surface area (TPSA) is 86.3 Å². The number of carbonyl (C=O) groups excluding carboxylic acids is 1. The molecule has 0 fully saturated rings. The summed E-state index contributed by atoms with van der Waals surface area (Å²) < 4.78 is 17.4. The van der Waals surface area contributed by atoms with Crippen LogP contribution in [0.5, 0.6) is 11.5 Å². The van der Waals surface area contributed by atoms with E-state index in [4.69, 9.17) is 14.2 Å². The summed E-state index contributed by atoms with van der Waals surface area (Å²) in [7, 11) is 0. The lowest BCUT2D eigenvalue weighted by Gasteiger charge is -2.14. The molecule has 1 N–H and O–H groups in total. The van der Waals surface area contributed by atoms with Crippen molar-refractivity contribution in [1.29, 1.82) is 0 Å². The highest BCUT2D eigenvalue weighted by molar-refractivity contribution is 14.1. The summed E-state index contributed by atoms with van der Waals surface area (Å²) >= 11 is 2.18. The van der Waals surface area contributed by atoms with Gasteiger partial charge in [0, 0.05) is 5.56 Å². The minimum atomic E-state index is -0.513. The molecule has 0 aliphatic rings. The molecule has 2 rings (SSSR count). The van der Waals surface area contributed by atoms with Crippen LogP contribution >= 0.6 is 22.6 Å². The van der Waals surface area contributed by atoms with Crippen LogP contribution in [0.15, 0.2) is 12.1 Å². The van der Waals surface area contributed by atoms with E-state index < -0.39 is 5.97 Å². The monoisotopic (exact) mass is 445 g/mol. The molecule has 1 aromatic heterocycles. The van der Waals surface area contributed by atoms with E-state index in [0.717, 1.165) is 9.99 Å². The van der Waals surface area contributed by atoms with Crippen LogP contribution in [-0.4, -0.2) is 41.2 Å².